The second kappa shape index (κ2) is 7.99. The summed E-state index contributed by atoms with van der Waals surface area (Å²) in [6.07, 6.45) is 5.06. The van der Waals surface area contributed by atoms with Gasteiger partial charge < -0.3 is 14.2 Å². The third kappa shape index (κ3) is 5.68. The van der Waals surface area contributed by atoms with Crippen molar-refractivity contribution in [1.29, 1.82) is 0 Å². The molecule has 2 rings (SSSR count). The van der Waals surface area contributed by atoms with Gasteiger partial charge in [0.15, 0.2) is 0 Å². The predicted molar refractivity (Wildman–Crippen MR) is 85.1 cm³/mol. The topological polar surface area (TPSA) is 65.1 Å². The van der Waals surface area contributed by atoms with E-state index in [-0.39, 0.29) is 12.1 Å². The van der Waals surface area contributed by atoms with Crippen LogP contribution in [-0.2, 0) is 19.0 Å². The summed E-state index contributed by atoms with van der Waals surface area (Å²) in [4.78, 5) is 26.1. The standard InChI is InChI=1S/C17H29NO5/c1-17(2,3)23-16(20)18-10-5-4-8-14(18)15(19)22-12-9-13-7-6-11-21-13/h13-14H,4-12H2,1-3H3/t13-,14-/m1/s1. The molecule has 2 atom stereocenters. The van der Waals surface area contributed by atoms with Gasteiger partial charge in [-0.2, -0.15) is 0 Å². The van der Waals surface area contributed by atoms with E-state index in [9.17, 15) is 9.59 Å². The minimum Gasteiger partial charge on any atom is -0.464 e. The summed E-state index contributed by atoms with van der Waals surface area (Å²) < 4.78 is 16.3. The number of hydrogen-bond acceptors (Lipinski definition) is 5. The van der Waals surface area contributed by atoms with Crippen LogP contribution < -0.4 is 0 Å². The van der Waals surface area contributed by atoms with Crippen LogP contribution in [0.1, 0.15) is 59.3 Å². The molecule has 0 N–H and O–H groups in total. The summed E-state index contributed by atoms with van der Waals surface area (Å²) in [7, 11) is 0. The molecule has 0 aliphatic carbocycles. The summed E-state index contributed by atoms with van der Waals surface area (Å²) in [5.74, 6) is -0.325. The second-order valence-corrected chi connectivity index (χ2v) is 7.28. The number of likely N-dealkylation sites (tertiary alicyclic amines) is 1. The van der Waals surface area contributed by atoms with Gasteiger partial charge in [-0.1, -0.05) is 0 Å². The third-order valence-electron chi connectivity index (χ3n) is 4.11. The van der Waals surface area contributed by atoms with Crippen molar-refractivity contribution in [3.8, 4) is 0 Å². The van der Waals surface area contributed by atoms with E-state index in [1.54, 1.807) is 0 Å². The summed E-state index contributed by atoms with van der Waals surface area (Å²) in [6, 6.07) is -0.525. The van der Waals surface area contributed by atoms with Crippen LogP contribution in [0, 0.1) is 0 Å². The first-order valence-corrected chi connectivity index (χ1v) is 8.65. The number of piperidine rings is 1. The van der Waals surface area contributed by atoms with E-state index in [0.717, 1.165) is 38.7 Å². The van der Waals surface area contributed by atoms with E-state index < -0.39 is 17.7 Å². The van der Waals surface area contributed by atoms with Crippen molar-refractivity contribution in [2.24, 2.45) is 0 Å². The summed E-state index contributed by atoms with van der Waals surface area (Å²) in [5.41, 5.74) is -0.567. The maximum absolute atomic E-state index is 12.3. The number of carbonyl (C=O) groups excluding carboxylic acids is 2. The molecule has 132 valence electrons. The summed E-state index contributed by atoms with van der Waals surface area (Å²) in [6.45, 7) is 7.16. The highest BCUT2D eigenvalue weighted by atomic mass is 16.6. The Morgan fingerprint density at radius 1 is 1.17 bits per heavy atom. The largest absolute Gasteiger partial charge is 0.464 e. The lowest BCUT2D eigenvalue weighted by Crippen LogP contribution is -2.50. The van der Waals surface area contributed by atoms with E-state index in [2.05, 4.69) is 0 Å². The lowest BCUT2D eigenvalue weighted by atomic mass is 10.0. The number of ether oxygens (including phenoxy) is 3. The van der Waals surface area contributed by atoms with Crippen LogP contribution in [0.15, 0.2) is 0 Å². The molecule has 0 aromatic carbocycles. The number of rotatable bonds is 4. The fourth-order valence-electron chi connectivity index (χ4n) is 2.97. The maximum Gasteiger partial charge on any atom is 0.411 e. The highest BCUT2D eigenvalue weighted by Crippen LogP contribution is 2.22. The summed E-state index contributed by atoms with van der Waals surface area (Å²) in [5, 5.41) is 0. The first kappa shape index (κ1) is 18.0. The lowest BCUT2D eigenvalue weighted by Gasteiger charge is -2.35. The van der Waals surface area contributed by atoms with Crippen LogP contribution in [-0.4, -0.2) is 54.5 Å². The average Bonchev–Trinajstić information content (AvgIpc) is 2.98. The highest BCUT2D eigenvalue weighted by molar-refractivity contribution is 5.81. The molecule has 23 heavy (non-hydrogen) atoms. The Hall–Kier alpha value is -1.30. The zero-order chi connectivity index (χ0) is 16.9. The van der Waals surface area contributed by atoms with Gasteiger partial charge in [0.2, 0.25) is 0 Å². The number of carbonyl (C=O) groups is 2. The van der Waals surface area contributed by atoms with E-state index in [4.69, 9.17) is 14.2 Å². The number of amides is 1. The molecule has 6 nitrogen and oxygen atoms in total. The third-order valence-corrected chi connectivity index (χ3v) is 4.11. The van der Waals surface area contributed by atoms with E-state index in [0.29, 0.717) is 19.6 Å². The molecular weight excluding hydrogens is 298 g/mol. The van der Waals surface area contributed by atoms with Gasteiger partial charge >= 0.3 is 12.1 Å². The van der Waals surface area contributed by atoms with Crippen molar-refractivity contribution in [2.45, 2.75) is 77.0 Å². The van der Waals surface area contributed by atoms with Crippen LogP contribution in [0.25, 0.3) is 0 Å². The van der Waals surface area contributed by atoms with Crippen molar-refractivity contribution < 1.29 is 23.8 Å². The smallest absolute Gasteiger partial charge is 0.411 e. The zero-order valence-corrected chi connectivity index (χ0v) is 14.5. The molecule has 2 aliphatic rings. The van der Waals surface area contributed by atoms with Gasteiger partial charge in [-0.25, -0.2) is 9.59 Å². The Morgan fingerprint density at radius 2 is 1.96 bits per heavy atom. The minimum absolute atomic E-state index is 0.205. The molecular formula is C17H29NO5. The van der Waals surface area contributed by atoms with Gasteiger partial charge in [0.25, 0.3) is 0 Å². The highest BCUT2D eigenvalue weighted by Gasteiger charge is 2.35. The van der Waals surface area contributed by atoms with Crippen molar-refractivity contribution in [1.82, 2.24) is 4.90 Å². The van der Waals surface area contributed by atoms with Gasteiger partial charge in [0, 0.05) is 19.6 Å². The average molecular weight is 327 g/mol. The van der Waals surface area contributed by atoms with Crippen LogP contribution in [0.5, 0.6) is 0 Å². The molecule has 0 radical (unpaired) electrons. The van der Waals surface area contributed by atoms with Crippen LogP contribution >= 0.6 is 0 Å². The Labute approximate surface area is 138 Å². The normalized spacial score (nSPS) is 25.3. The maximum atomic E-state index is 12.3. The Kier molecular flexibility index (Phi) is 6.27. The van der Waals surface area contributed by atoms with Gasteiger partial charge in [-0.15, -0.1) is 0 Å². The lowest BCUT2D eigenvalue weighted by molar-refractivity contribution is -0.151. The van der Waals surface area contributed by atoms with E-state index in [1.807, 2.05) is 20.8 Å². The number of esters is 1. The monoisotopic (exact) mass is 327 g/mol. The second-order valence-electron chi connectivity index (χ2n) is 7.28. The van der Waals surface area contributed by atoms with Crippen LogP contribution in [0.2, 0.25) is 0 Å². The molecule has 0 spiro atoms. The molecule has 2 saturated heterocycles. The van der Waals surface area contributed by atoms with Crippen LogP contribution in [0.4, 0.5) is 4.79 Å². The molecule has 6 heteroatoms. The van der Waals surface area contributed by atoms with E-state index >= 15 is 0 Å². The van der Waals surface area contributed by atoms with E-state index in [1.165, 1.54) is 4.90 Å². The van der Waals surface area contributed by atoms with Crippen molar-refractivity contribution in [2.75, 3.05) is 19.8 Å². The molecule has 0 aromatic heterocycles. The number of hydrogen-bond donors (Lipinski definition) is 0. The van der Waals surface area contributed by atoms with Gasteiger partial charge in [0.1, 0.15) is 11.6 Å². The van der Waals surface area contributed by atoms with Gasteiger partial charge in [-0.05, 0) is 52.9 Å². The first-order chi connectivity index (χ1) is 10.9. The fourth-order valence-corrected chi connectivity index (χ4v) is 2.97. The van der Waals surface area contributed by atoms with Gasteiger partial charge in [0.05, 0.1) is 12.7 Å². The molecule has 0 saturated carbocycles. The Bertz CT molecular complexity index is 412. The Balaban J connectivity index is 1.83. The van der Waals surface area contributed by atoms with Crippen LogP contribution in [0.3, 0.4) is 0 Å². The van der Waals surface area contributed by atoms with Crippen molar-refractivity contribution >= 4 is 12.1 Å². The summed E-state index contributed by atoms with van der Waals surface area (Å²) >= 11 is 0. The Morgan fingerprint density at radius 3 is 2.61 bits per heavy atom. The molecule has 2 heterocycles. The molecule has 0 aromatic rings. The molecule has 2 fully saturated rings. The minimum atomic E-state index is -0.567. The molecule has 0 bridgehead atoms. The van der Waals surface area contributed by atoms with Crippen molar-refractivity contribution in [3.63, 3.8) is 0 Å². The number of nitrogens with zero attached hydrogens (tertiary/aromatic N) is 1. The SMILES string of the molecule is CC(C)(C)OC(=O)N1CCCC[C@@H]1C(=O)OCC[C@H]1CCCO1. The molecule has 1 amide bonds. The quantitative estimate of drug-likeness (QED) is 0.743. The van der Waals surface area contributed by atoms with Gasteiger partial charge in [-0.3, -0.25) is 4.90 Å². The zero-order valence-electron chi connectivity index (χ0n) is 14.5. The fraction of sp³-hybridized carbons (Fsp3) is 0.882. The predicted octanol–water partition coefficient (Wildman–Crippen LogP) is 2.89. The first-order valence-electron chi connectivity index (χ1n) is 8.65. The van der Waals surface area contributed by atoms with Crippen molar-refractivity contribution in [3.05, 3.63) is 0 Å². The molecule has 2 aliphatic heterocycles. The molecule has 0 unspecified atom stereocenters.